The lowest BCUT2D eigenvalue weighted by Crippen LogP contribution is -2.09. The molecule has 0 aliphatic heterocycles. The van der Waals surface area contributed by atoms with Crippen molar-refractivity contribution in [1.82, 2.24) is 4.98 Å². The smallest absolute Gasteiger partial charge is 0.260 e. The number of halogens is 3. The third kappa shape index (κ3) is 3.22. The second kappa shape index (κ2) is 7.04. The van der Waals surface area contributed by atoms with Crippen LogP contribution in [0.2, 0.25) is 5.02 Å². The van der Waals surface area contributed by atoms with Gasteiger partial charge in [-0.15, -0.1) is 0 Å². The van der Waals surface area contributed by atoms with Crippen LogP contribution in [-0.2, 0) is 0 Å². The molecule has 0 bridgehead atoms. The lowest BCUT2D eigenvalue weighted by atomic mass is 9.97. The van der Waals surface area contributed by atoms with Crippen LogP contribution in [0.5, 0.6) is 5.75 Å². The molecular weight excluding hydrogens is 398 g/mol. The summed E-state index contributed by atoms with van der Waals surface area (Å²) in [5.74, 6) is -1.77. The predicted molar refractivity (Wildman–Crippen MR) is 107 cm³/mol. The van der Waals surface area contributed by atoms with Gasteiger partial charge < -0.3 is 10.1 Å². The summed E-state index contributed by atoms with van der Waals surface area (Å²) in [7, 11) is 0. The molecule has 4 aromatic rings. The van der Waals surface area contributed by atoms with Crippen LogP contribution in [0.25, 0.3) is 33.2 Å². The van der Waals surface area contributed by atoms with Gasteiger partial charge in [-0.05, 0) is 41.5 Å². The van der Waals surface area contributed by atoms with Crippen LogP contribution < -0.4 is 5.56 Å². The normalized spacial score (nSPS) is 10.8. The first-order chi connectivity index (χ1) is 13.9. The number of pyridine rings is 1. The van der Waals surface area contributed by atoms with Gasteiger partial charge in [-0.3, -0.25) is 4.79 Å². The van der Waals surface area contributed by atoms with E-state index in [4.69, 9.17) is 16.9 Å². The van der Waals surface area contributed by atoms with Gasteiger partial charge in [-0.1, -0.05) is 29.8 Å². The summed E-state index contributed by atoms with van der Waals surface area (Å²) in [5.41, 5.74) is 0.715. The van der Waals surface area contributed by atoms with Crippen molar-refractivity contribution in [3.8, 4) is 34.1 Å². The van der Waals surface area contributed by atoms with E-state index in [-0.39, 0.29) is 38.4 Å². The third-order valence-corrected chi connectivity index (χ3v) is 4.90. The zero-order valence-corrected chi connectivity index (χ0v) is 15.4. The minimum atomic E-state index is -0.743. The summed E-state index contributed by atoms with van der Waals surface area (Å²) in [5, 5.41) is 20.3. The highest BCUT2D eigenvalue weighted by molar-refractivity contribution is 6.32. The van der Waals surface area contributed by atoms with Gasteiger partial charge in [0.15, 0.2) is 0 Å². The number of rotatable bonds is 2. The van der Waals surface area contributed by atoms with Crippen LogP contribution in [0.3, 0.4) is 0 Å². The molecule has 4 nitrogen and oxygen atoms in total. The lowest BCUT2D eigenvalue weighted by molar-refractivity contribution is 0.482. The maximum atomic E-state index is 14.2. The number of aromatic amines is 1. The molecule has 3 aromatic carbocycles. The standard InChI is InChI=1S/C22H11ClF2N2O2/c23-17-9-19-16(7-13(17)10-26)21(28)20(22(29)27-19)12-3-1-2-11(6-12)15-5-4-14(24)8-18(15)25/h1-9H,(H2,27,28,29). The number of benzene rings is 3. The first-order valence-corrected chi connectivity index (χ1v) is 8.81. The molecule has 0 amide bonds. The van der Waals surface area contributed by atoms with E-state index in [0.29, 0.717) is 11.1 Å². The quantitative estimate of drug-likeness (QED) is 0.468. The largest absolute Gasteiger partial charge is 0.506 e. The first kappa shape index (κ1) is 18.7. The van der Waals surface area contributed by atoms with E-state index in [2.05, 4.69) is 4.98 Å². The summed E-state index contributed by atoms with van der Waals surface area (Å²) < 4.78 is 27.4. The Morgan fingerprint density at radius 2 is 1.79 bits per heavy atom. The molecule has 1 heterocycles. The molecule has 0 aliphatic rings. The van der Waals surface area contributed by atoms with E-state index in [1.54, 1.807) is 18.2 Å². The minimum absolute atomic E-state index is 0.0342. The minimum Gasteiger partial charge on any atom is -0.506 e. The van der Waals surface area contributed by atoms with Gasteiger partial charge in [0.25, 0.3) is 5.56 Å². The molecule has 1 aromatic heterocycles. The number of hydrogen-bond donors (Lipinski definition) is 2. The highest BCUT2D eigenvalue weighted by Gasteiger charge is 2.17. The molecule has 29 heavy (non-hydrogen) atoms. The third-order valence-electron chi connectivity index (χ3n) is 4.59. The molecule has 0 saturated carbocycles. The van der Waals surface area contributed by atoms with Crippen LogP contribution >= 0.6 is 11.6 Å². The van der Waals surface area contributed by atoms with Gasteiger partial charge >= 0.3 is 0 Å². The van der Waals surface area contributed by atoms with E-state index >= 15 is 0 Å². The van der Waals surface area contributed by atoms with E-state index in [1.165, 1.54) is 24.3 Å². The fourth-order valence-corrected chi connectivity index (χ4v) is 3.42. The molecule has 0 unspecified atom stereocenters. The highest BCUT2D eigenvalue weighted by atomic mass is 35.5. The number of aromatic hydroxyl groups is 1. The van der Waals surface area contributed by atoms with Gasteiger partial charge in [0.2, 0.25) is 0 Å². The predicted octanol–water partition coefficient (Wildman–Crippen LogP) is 5.37. The number of fused-ring (bicyclic) bond motifs is 1. The van der Waals surface area contributed by atoms with Crippen molar-refractivity contribution in [1.29, 1.82) is 5.26 Å². The van der Waals surface area contributed by atoms with Crippen molar-refractivity contribution >= 4 is 22.5 Å². The average molecular weight is 409 g/mol. The number of nitriles is 1. The van der Waals surface area contributed by atoms with Gasteiger partial charge in [0, 0.05) is 17.0 Å². The summed E-state index contributed by atoms with van der Waals surface area (Å²) in [4.78, 5) is 15.3. The molecule has 0 saturated heterocycles. The van der Waals surface area contributed by atoms with Crippen LogP contribution in [0.1, 0.15) is 5.56 Å². The molecule has 7 heteroatoms. The zero-order chi connectivity index (χ0) is 20.7. The SMILES string of the molecule is N#Cc1cc2c(O)c(-c3cccc(-c4ccc(F)cc4F)c3)c(=O)[nH]c2cc1Cl. The van der Waals surface area contributed by atoms with E-state index in [9.17, 15) is 18.7 Å². The Balaban J connectivity index is 1.95. The van der Waals surface area contributed by atoms with E-state index in [1.807, 2.05) is 6.07 Å². The molecule has 0 radical (unpaired) electrons. The summed E-state index contributed by atoms with van der Waals surface area (Å²) in [6, 6.07) is 14.2. The van der Waals surface area contributed by atoms with Gasteiger partial charge in [-0.2, -0.15) is 5.26 Å². The highest BCUT2D eigenvalue weighted by Crippen LogP contribution is 2.36. The molecular formula is C22H11ClF2N2O2. The summed E-state index contributed by atoms with van der Waals surface area (Å²) in [6.45, 7) is 0. The maximum absolute atomic E-state index is 14.2. The fourth-order valence-electron chi connectivity index (χ4n) is 3.22. The average Bonchev–Trinajstić information content (AvgIpc) is 2.68. The number of H-pyrrole nitrogens is 1. The summed E-state index contributed by atoms with van der Waals surface area (Å²) >= 11 is 5.99. The number of aromatic nitrogens is 1. The van der Waals surface area contributed by atoms with Crippen LogP contribution in [0.4, 0.5) is 8.78 Å². The molecule has 142 valence electrons. The van der Waals surface area contributed by atoms with Crippen LogP contribution in [-0.4, -0.2) is 10.1 Å². The van der Waals surface area contributed by atoms with E-state index in [0.717, 1.165) is 12.1 Å². The Morgan fingerprint density at radius 1 is 1.03 bits per heavy atom. The van der Waals surface area contributed by atoms with Crippen molar-refractivity contribution < 1.29 is 13.9 Å². The van der Waals surface area contributed by atoms with Crippen molar-refractivity contribution in [3.63, 3.8) is 0 Å². The molecule has 0 spiro atoms. The first-order valence-electron chi connectivity index (χ1n) is 8.43. The second-order valence-corrected chi connectivity index (χ2v) is 6.78. The monoisotopic (exact) mass is 408 g/mol. The molecule has 0 fully saturated rings. The Morgan fingerprint density at radius 3 is 2.52 bits per heavy atom. The van der Waals surface area contributed by atoms with E-state index < -0.39 is 17.2 Å². The molecule has 0 aliphatic carbocycles. The lowest BCUT2D eigenvalue weighted by Gasteiger charge is -2.11. The molecule has 2 N–H and O–H groups in total. The topological polar surface area (TPSA) is 76.9 Å². The number of hydrogen-bond acceptors (Lipinski definition) is 3. The molecule has 0 atom stereocenters. The van der Waals surface area contributed by atoms with Gasteiger partial charge in [0.1, 0.15) is 23.5 Å². The molecule has 4 rings (SSSR count). The Kier molecular flexibility index (Phi) is 4.53. The summed E-state index contributed by atoms with van der Waals surface area (Å²) in [6.07, 6.45) is 0. The van der Waals surface area contributed by atoms with Gasteiger partial charge in [-0.25, -0.2) is 8.78 Å². The zero-order valence-electron chi connectivity index (χ0n) is 14.6. The Labute approximate surface area is 168 Å². The number of nitrogens with one attached hydrogen (secondary N) is 1. The van der Waals surface area contributed by atoms with Crippen molar-refractivity contribution in [2.45, 2.75) is 0 Å². The Hall–Kier alpha value is -3.69. The van der Waals surface area contributed by atoms with Gasteiger partial charge in [0.05, 0.1) is 21.7 Å². The van der Waals surface area contributed by atoms with Crippen molar-refractivity contribution in [2.24, 2.45) is 0 Å². The van der Waals surface area contributed by atoms with Crippen molar-refractivity contribution in [3.05, 3.63) is 87.2 Å². The maximum Gasteiger partial charge on any atom is 0.260 e. The number of nitrogens with zero attached hydrogens (tertiary/aromatic N) is 1. The van der Waals surface area contributed by atoms with Crippen molar-refractivity contribution in [2.75, 3.05) is 0 Å². The second-order valence-electron chi connectivity index (χ2n) is 6.37. The van der Waals surface area contributed by atoms with Crippen LogP contribution in [0.15, 0.2) is 59.4 Å². The van der Waals surface area contributed by atoms with Crippen LogP contribution in [0, 0.1) is 23.0 Å². The Bertz CT molecular complexity index is 1390. The fraction of sp³-hybridized carbons (Fsp3) is 0.